The molecule has 0 spiro atoms. The van der Waals surface area contributed by atoms with Crippen LogP contribution in [0.4, 0.5) is 0 Å². The maximum absolute atomic E-state index is 12.0. The van der Waals surface area contributed by atoms with Gasteiger partial charge in [-0.15, -0.1) is 11.3 Å². The molecule has 1 N–H and O–H groups in total. The van der Waals surface area contributed by atoms with Crippen LogP contribution >= 0.6 is 11.3 Å². The lowest BCUT2D eigenvalue weighted by molar-refractivity contribution is 0.0967. The van der Waals surface area contributed by atoms with Crippen molar-refractivity contribution in [1.29, 1.82) is 0 Å². The Morgan fingerprint density at radius 1 is 1.60 bits per heavy atom. The largest absolute Gasteiger partial charge is 0.314 e. The Kier molecular flexibility index (Phi) is 3.54. The predicted octanol–water partition coefficient (Wildman–Crippen LogP) is 2.77. The minimum absolute atomic E-state index is 0.307. The smallest absolute Gasteiger partial charge is 0.174 e. The van der Waals surface area contributed by atoms with E-state index in [0.717, 1.165) is 23.4 Å². The Hall–Kier alpha value is -0.670. The molecule has 0 bridgehead atoms. The summed E-state index contributed by atoms with van der Waals surface area (Å²) in [7, 11) is 0. The summed E-state index contributed by atoms with van der Waals surface area (Å²) in [6, 6.07) is 2.43. The first-order chi connectivity index (χ1) is 7.27. The number of hydrogen-bond donors (Lipinski definition) is 1. The van der Waals surface area contributed by atoms with Crippen molar-refractivity contribution in [1.82, 2.24) is 5.32 Å². The zero-order chi connectivity index (χ0) is 10.7. The molecule has 0 aliphatic carbocycles. The highest BCUT2D eigenvalue weighted by Crippen LogP contribution is 2.20. The molecule has 0 saturated carbocycles. The number of hydrogen-bond acceptors (Lipinski definition) is 3. The van der Waals surface area contributed by atoms with Gasteiger partial charge in [-0.3, -0.25) is 4.79 Å². The SMILES string of the molecule is Cc1ccsc1C(=O)CC1CCCCN1. The van der Waals surface area contributed by atoms with Gasteiger partial charge in [0.15, 0.2) is 5.78 Å². The van der Waals surface area contributed by atoms with E-state index in [1.165, 1.54) is 12.8 Å². The molecule has 2 rings (SSSR count). The van der Waals surface area contributed by atoms with E-state index >= 15 is 0 Å². The van der Waals surface area contributed by atoms with E-state index in [9.17, 15) is 4.79 Å². The first kappa shape index (κ1) is 10.8. The maximum Gasteiger partial charge on any atom is 0.174 e. The summed E-state index contributed by atoms with van der Waals surface area (Å²) in [5.41, 5.74) is 1.13. The molecule has 0 radical (unpaired) electrons. The van der Waals surface area contributed by atoms with Gasteiger partial charge in [0.05, 0.1) is 4.88 Å². The number of nitrogens with one attached hydrogen (secondary N) is 1. The standard InChI is InChI=1S/C12H17NOS/c1-9-5-7-15-12(9)11(14)8-10-4-2-3-6-13-10/h5,7,10,13H,2-4,6,8H2,1H3. The average molecular weight is 223 g/mol. The van der Waals surface area contributed by atoms with Crippen LogP contribution in [0.15, 0.2) is 11.4 Å². The fourth-order valence-electron chi connectivity index (χ4n) is 2.07. The number of thiophene rings is 1. The lowest BCUT2D eigenvalue weighted by Gasteiger charge is -2.22. The quantitative estimate of drug-likeness (QED) is 0.798. The fraction of sp³-hybridized carbons (Fsp3) is 0.583. The third-order valence-electron chi connectivity index (χ3n) is 2.96. The zero-order valence-corrected chi connectivity index (χ0v) is 9.90. The van der Waals surface area contributed by atoms with Crippen molar-refractivity contribution >= 4 is 17.1 Å². The molecular weight excluding hydrogens is 206 g/mol. The highest BCUT2D eigenvalue weighted by Gasteiger charge is 2.18. The normalized spacial score (nSPS) is 21.5. The van der Waals surface area contributed by atoms with Gasteiger partial charge < -0.3 is 5.32 Å². The first-order valence-electron chi connectivity index (χ1n) is 5.58. The van der Waals surface area contributed by atoms with E-state index in [1.807, 2.05) is 18.4 Å². The summed E-state index contributed by atoms with van der Waals surface area (Å²) >= 11 is 1.57. The topological polar surface area (TPSA) is 29.1 Å². The molecule has 1 aliphatic rings. The van der Waals surface area contributed by atoms with Crippen molar-refractivity contribution in [3.05, 3.63) is 21.9 Å². The van der Waals surface area contributed by atoms with Gasteiger partial charge >= 0.3 is 0 Å². The molecule has 0 aromatic carbocycles. The third-order valence-corrected chi connectivity index (χ3v) is 4.02. The molecule has 82 valence electrons. The summed E-state index contributed by atoms with van der Waals surface area (Å²) in [6.45, 7) is 3.08. The highest BCUT2D eigenvalue weighted by atomic mass is 32.1. The van der Waals surface area contributed by atoms with Crippen molar-refractivity contribution < 1.29 is 4.79 Å². The molecule has 2 nitrogen and oxygen atoms in total. The number of carbonyl (C=O) groups is 1. The van der Waals surface area contributed by atoms with Crippen molar-refractivity contribution in [3.8, 4) is 0 Å². The second-order valence-electron chi connectivity index (χ2n) is 4.21. The molecule has 2 heterocycles. The fourth-order valence-corrected chi connectivity index (χ4v) is 2.95. The molecule has 0 amide bonds. The summed E-state index contributed by atoms with van der Waals surface area (Å²) in [5.74, 6) is 0.307. The van der Waals surface area contributed by atoms with Gasteiger partial charge in [0, 0.05) is 12.5 Å². The number of rotatable bonds is 3. The molecule has 1 aromatic heterocycles. The van der Waals surface area contributed by atoms with Crippen molar-refractivity contribution in [2.24, 2.45) is 0 Å². The summed E-state index contributed by atoms with van der Waals surface area (Å²) in [4.78, 5) is 12.9. The van der Waals surface area contributed by atoms with Gasteiger partial charge in [-0.25, -0.2) is 0 Å². The molecule has 15 heavy (non-hydrogen) atoms. The number of carbonyl (C=O) groups excluding carboxylic acids is 1. The molecule has 1 atom stereocenters. The molecular formula is C12H17NOS. The van der Waals surface area contributed by atoms with Gasteiger partial charge in [0.1, 0.15) is 0 Å². The van der Waals surface area contributed by atoms with Crippen LogP contribution in [0.1, 0.15) is 40.9 Å². The van der Waals surface area contributed by atoms with Gasteiger partial charge in [0.25, 0.3) is 0 Å². The molecule has 1 aromatic rings. The van der Waals surface area contributed by atoms with Gasteiger partial charge in [-0.1, -0.05) is 6.42 Å². The Bertz CT molecular complexity index is 339. The number of piperidine rings is 1. The van der Waals surface area contributed by atoms with Gasteiger partial charge in [-0.05, 0) is 43.3 Å². The Morgan fingerprint density at radius 2 is 2.47 bits per heavy atom. The van der Waals surface area contributed by atoms with Crippen LogP contribution in [0, 0.1) is 6.92 Å². The zero-order valence-electron chi connectivity index (χ0n) is 9.08. The van der Waals surface area contributed by atoms with Crippen LogP contribution in [0.25, 0.3) is 0 Å². The molecule has 1 aliphatic heterocycles. The molecule has 1 saturated heterocycles. The Morgan fingerprint density at radius 3 is 3.07 bits per heavy atom. The van der Waals surface area contributed by atoms with Crippen LogP contribution in [-0.2, 0) is 0 Å². The van der Waals surface area contributed by atoms with E-state index < -0.39 is 0 Å². The Balaban J connectivity index is 1.94. The molecule has 1 unspecified atom stereocenters. The van der Waals surface area contributed by atoms with E-state index in [4.69, 9.17) is 0 Å². The van der Waals surface area contributed by atoms with Crippen molar-refractivity contribution in [2.75, 3.05) is 6.54 Å². The van der Waals surface area contributed by atoms with Crippen LogP contribution in [0.5, 0.6) is 0 Å². The van der Waals surface area contributed by atoms with E-state index in [2.05, 4.69) is 5.32 Å². The van der Waals surface area contributed by atoms with Crippen molar-refractivity contribution in [2.45, 2.75) is 38.6 Å². The van der Waals surface area contributed by atoms with Crippen LogP contribution in [-0.4, -0.2) is 18.4 Å². The summed E-state index contributed by atoms with van der Waals surface area (Å²) < 4.78 is 0. The predicted molar refractivity (Wildman–Crippen MR) is 63.6 cm³/mol. The minimum Gasteiger partial charge on any atom is -0.314 e. The lowest BCUT2D eigenvalue weighted by Crippen LogP contribution is -2.35. The average Bonchev–Trinajstić information content (AvgIpc) is 2.66. The first-order valence-corrected chi connectivity index (χ1v) is 6.46. The van der Waals surface area contributed by atoms with E-state index in [-0.39, 0.29) is 0 Å². The molecule has 1 fully saturated rings. The van der Waals surface area contributed by atoms with Gasteiger partial charge in [-0.2, -0.15) is 0 Å². The monoisotopic (exact) mass is 223 g/mol. The minimum atomic E-state index is 0.307. The Labute approximate surface area is 94.7 Å². The highest BCUT2D eigenvalue weighted by molar-refractivity contribution is 7.12. The summed E-state index contributed by atoms with van der Waals surface area (Å²) in [5, 5.41) is 5.41. The van der Waals surface area contributed by atoms with Gasteiger partial charge in [0.2, 0.25) is 0 Å². The second-order valence-corrected chi connectivity index (χ2v) is 5.12. The molecule has 3 heteroatoms. The van der Waals surface area contributed by atoms with Crippen molar-refractivity contribution in [3.63, 3.8) is 0 Å². The third kappa shape index (κ3) is 2.67. The second kappa shape index (κ2) is 4.90. The number of ketones is 1. The summed E-state index contributed by atoms with van der Waals surface area (Å²) in [6.07, 6.45) is 4.33. The van der Waals surface area contributed by atoms with Crippen LogP contribution < -0.4 is 5.32 Å². The van der Waals surface area contributed by atoms with Crippen LogP contribution in [0.2, 0.25) is 0 Å². The van der Waals surface area contributed by atoms with E-state index in [1.54, 1.807) is 11.3 Å². The van der Waals surface area contributed by atoms with Crippen LogP contribution in [0.3, 0.4) is 0 Å². The number of Topliss-reactive ketones (excluding diaryl/α,β-unsaturated/α-hetero) is 1. The van der Waals surface area contributed by atoms with E-state index in [0.29, 0.717) is 18.2 Å². The number of aryl methyl sites for hydroxylation is 1. The lowest BCUT2D eigenvalue weighted by atomic mass is 9.99. The maximum atomic E-state index is 12.0.